The second-order valence-electron chi connectivity index (χ2n) is 5.66. The lowest BCUT2D eigenvalue weighted by molar-refractivity contribution is 0.495. The van der Waals surface area contributed by atoms with Crippen LogP contribution in [-0.2, 0) is 0 Å². The first-order valence-corrected chi connectivity index (χ1v) is 8.65. The van der Waals surface area contributed by atoms with Crippen molar-refractivity contribution in [2.75, 3.05) is 12.3 Å². The highest BCUT2D eigenvalue weighted by Crippen LogP contribution is 2.37. The average Bonchev–Trinajstić information content (AvgIpc) is 2.49. The van der Waals surface area contributed by atoms with Crippen molar-refractivity contribution in [1.82, 2.24) is 5.32 Å². The van der Waals surface area contributed by atoms with Crippen LogP contribution in [0.1, 0.15) is 50.1 Å². The third-order valence-corrected chi connectivity index (χ3v) is 5.41. The van der Waals surface area contributed by atoms with Crippen LogP contribution in [0, 0.1) is 5.82 Å². The van der Waals surface area contributed by atoms with Gasteiger partial charge in [0.15, 0.2) is 0 Å². The fraction of sp³-hybridized carbons (Fsp3) is 0.529. The van der Waals surface area contributed by atoms with Crippen LogP contribution < -0.4 is 5.32 Å². The third kappa shape index (κ3) is 3.26. The molecule has 1 aromatic carbocycles. The first-order valence-electron chi connectivity index (χ1n) is 7.67. The monoisotopic (exact) mass is 291 g/mol. The number of halogens is 1. The zero-order valence-electron chi connectivity index (χ0n) is 11.8. The van der Waals surface area contributed by atoms with Gasteiger partial charge < -0.3 is 5.32 Å². The summed E-state index contributed by atoms with van der Waals surface area (Å²) in [7, 11) is 0. The summed E-state index contributed by atoms with van der Waals surface area (Å²) in [6.45, 7) is 1.01. The Balaban J connectivity index is 1.59. The summed E-state index contributed by atoms with van der Waals surface area (Å²) in [6.07, 6.45) is 9.88. The third-order valence-electron chi connectivity index (χ3n) is 4.25. The molecule has 3 rings (SSSR count). The maximum absolute atomic E-state index is 13.8. The van der Waals surface area contributed by atoms with E-state index in [1.165, 1.54) is 25.7 Å². The van der Waals surface area contributed by atoms with Gasteiger partial charge in [0.2, 0.25) is 0 Å². The van der Waals surface area contributed by atoms with E-state index >= 15 is 0 Å². The SMILES string of the molecule is Fc1cccc2c1SCCC2NCCC1=CCCCC1. The Bertz CT molecular complexity index is 498. The summed E-state index contributed by atoms with van der Waals surface area (Å²) in [5.74, 6) is 0.947. The van der Waals surface area contributed by atoms with Crippen LogP contribution >= 0.6 is 11.8 Å². The minimum absolute atomic E-state index is 0.0611. The number of nitrogens with one attached hydrogen (secondary N) is 1. The first kappa shape index (κ1) is 14.2. The van der Waals surface area contributed by atoms with Crippen LogP contribution in [-0.4, -0.2) is 12.3 Å². The van der Waals surface area contributed by atoms with E-state index in [0.717, 1.165) is 35.6 Å². The molecule has 0 amide bonds. The van der Waals surface area contributed by atoms with Gasteiger partial charge in [0.25, 0.3) is 0 Å². The van der Waals surface area contributed by atoms with Crippen molar-refractivity contribution in [2.24, 2.45) is 0 Å². The van der Waals surface area contributed by atoms with Gasteiger partial charge in [0.1, 0.15) is 5.82 Å². The zero-order chi connectivity index (χ0) is 13.8. The molecule has 3 heteroatoms. The highest BCUT2D eigenvalue weighted by molar-refractivity contribution is 7.99. The molecule has 0 aromatic heterocycles. The number of allylic oxidation sites excluding steroid dienone is 1. The molecule has 1 N–H and O–H groups in total. The van der Waals surface area contributed by atoms with Crippen LogP contribution in [0.15, 0.2) is 34.7 Å². The van der Waals surface area contributed by atoms with Gasteiger partial charge in [-0.15, -0.1) is 11.8 Å². The Morgan fingerprint density at radius 2 is 2.25 bits per heavy atom. The van der Waals surface area contributed by atoms with Crippen molar-refractivity contribution in [3.63, 3.8) is 0 Å². The molecule has 1 nitrogen and oxygen atoms in total. The topological polar surface area (TPSA) is 12.0 Å². The molecule has 20 heavy (non-hydrogen) atoms. The first-order chi connectivity index (χ1) is 9.84. The van der Waals surface area contributed by atoms with Gasteiger partial charge in [-0.3, -0.25) is 0 Å². The van der Waals surface area contributed by atoms with Gasteiger partial charge in [-0.25, -0.2) is 4.39 Å². The van der Waals surface area contributed by atoms with E-state index in [4.69, 9.17) is 0 Å². The fourth-order valence-corrected chi connectivity index (χ4v) is 4.28. The maximum atomic E-state index is 13.8. The van der Waals surface area contributed by atoms with Gasteiger partial charge in [0, 0.05) is 10.9 Å². The van der Waals surface area contributed by atoms with Crippen molar-refractivity contribution < 1.29 is 4.39 Å². The van der Waals surface area contributed by atoms with Crippen molar-refractivity contribution in [2.45, 2.75) is 49.5 Å². The highest BCUT2D eigenvalue weighted by Gasteiger charge is 2.22. The number of rotatable bonds is 4. The summed E-state index contributed by atoms with van der Waals surface area (Å²) in [5, 5.41) is 3.63. The van der Waals surface area contributed by atoms with Gasteiger partial charge in [-0.2, -0.15) is 0 Å². The smallest absolute Gasteiger partial charge is 0.137 e. The molecule has 2 aliphatic rings. The Morgan fingerprint density at radius 1 is 1.30 bits per heavy atom. The Hall–Kier alpha value is -0.800. The largest absolute Gasteiger partial charge is 0.310 e. The molecule has 1 aliphatic heterocycles. The second-order valence-corrected chi connectivity index (χ2v) is 6.77. The van der Waals surface area contributed by atoms with E-state index in [0.29, 0.717) is 6.04 Å². The van der Waals surface area contributed by atoms with Gasteiger partial charge in [0.05, 0.1) is 0 Å². The molecule has 0 bridgehead atoms. The highest BCUT2D eigenvalue weighted by atomic mass is 32.2. The van der Waals surface area contributed by atoms with E-state index in [1.54, 1.807) is 23.4 Å². The molecular formula is C17H22FNS. The summed E-state index contributed by atoms with van der Waals surface area (Å²) in [5.41, 5.74) is 2.76. The Kier molecular flexibility index (Phi) is 4.79. The Morgan fingerprint density at radius 3 is 3.10 bits per heavy atom. The van der Waals surface area contributed by atoms with Crippen molar-refractivity contribution in [3.05, 3.63) is 41.2 Å². The second kappa shape index (κ2) is 6.77. The molecule has 0 saturated heterocycles. The molecule has 1 unspecified atom stereocenters. The molecule has 1 heterocycles. The molecule has 1 aromatic rings. The number of thioether (sulfide) groups is 1. The average molecular weight is 291 g/mol. The number of benzene rings is 1. The molecule has 0 fully saturated rings. The predicted molar refractivity (Wildman–Crippen MR) is 83.7 cm³/mol. The standard InChI is InChI=1S/C17H22FNS/c18-15-8-4-7-14-16(10-12-20-17(14)15)19-11-9-13-5-2-1-3-6-13/h4-5,7-8,16,19H,1-3,6,9-12H2. The maximum Gasteiger partial charge on any atom is 0.137 e. The van der Waals surface area contributed by atoms with Crippen LogP contribution in [0.3, 0.4) is 0 Å². The summed E-state index contributed by atoms with van der Waals surface area (Å²) < 4.78 is 13.8. The minimum Gasteiger partial charge on any atom is -0.310 e. The molecule has 108 valence electrons. The lowest BCUT2D eigenvalue weighted by Crippen LogP contribution is -2.26. The summed E-state index contributed by atoms with van der Waals surface area (Å²) >= 11 is 1.65. The molecule has 0 saturated carbocycles. The van der Waals surface area contributed by atoms with Crippen LogP contribution in [0.5, 0.6) is 0 Å². The van der Waals surface area contributed by atoms with Gasteiger partial charge >= 0.3 is 0 Å². The van der Waals surface area contributed by atoms with E-state index < -0.39 is 0 Å². The quantitative estimate of drug-likeness (QED) is 0.796. The van der Waals surface area contributed by atoms with E-state index in [9.17, 15) is 4.39 Å². The zero-order valence-corrected chi connectivity index (χ0v) is 12.6. The lowest BCUT2D eigenvalue weighted by Gasteiger charge is -2.26. The number of hydrogen-bond donors (Lipinski definition) is 1. The van der Waals surface area contributed by atoms with E-state index in [1.807, 2.05) is 6.07 Å². The fourth-order valence-electron chi connectivity index (χ4n) is 3.14. The van der Waals surface area contributed by atoms with Crippen molar-refractivity contribution >= 4 is 11.8 Å². The molecule has 1 atom stereocenters. The minimum atomic E-state index is -0.0611. The van der Waals surface area contributed by atoms with Gasteiger partial charge in [-0.1, -0.05) is 23.8 Å². The molecule has 0 radical (unpaired) electrons. The predicted octanol–water partition coefficient (Wildman–Crippen LogP) is 4.84. The summed E-state index contributed by atoms with van der Waals surface area (Å²) in [6, 6.07) is 5.80. The van der Waals surface area contributed by atoms with Crippen LogP contribution in [0.2, 0.25) is 0 Å². The lowest BCUT2D eigenvalue weighted by atomic mass is 9.97. The van der Waals surface area contributed by atoms with E-state index in [2.05, 4.69) is 17.5 Å². The van der Waals surface area contributed by atoms with Crippen LogP contribution in [0.25, 0.3) is 0 Å². The Labute approximate surface area is 125 Å². The van der Waals surface area contributed by atoms with Crippen LogP contribution in [0.4, 0.5) is 4.39 Å². The molecule has 1 aliphatic carbocycles. The van der Waals surface area contributed by atoms with E-state index in [-0.39, 0.29) is 5.82 Å². The van der Waals surface area contributed by atoms with Gasteiger partial charge in [-0.05, 0) is 62.5 Å². The molecular weight excluding hydrogens is 269 g/mol. The number of hydrogen-bond acceptors (Lipinski definition) is 2. The summed E-state index contributed by atoms with van der Waals surface area (Å²) in [4.78, 5) is 0.855. The van der Waals surface area contributed by atoms with Crippen molar-refractivity contribution in [3.8, 4) is 0 Å². The normalized spacial score (nSPS) is 22.2. The number of fused-ring (bicyclic) bond motifs is 1. The van der Waals surface area contributed by atoms with Crippen molar-refractivity contribution in [1.29, 1.82) is 0 Å². The molecule has 0 spiro atoms.